The summed E-state index contributed by atoms with van der Waals surface area (Å²) in [5.41, 5.74) is 2.67. The van der Waals surface area contributed by atoms with Crippen LogP contribution >= 0.6 is 15.8 Å². The number of hydrogen-bond donors (Lipinski definition) is 0. The molecule has 0 saturated carbocycles. The first kappa shape index (κ1) is 30.8. The summed E-state index contributed by atoms with van der Waals surface area (Å²) in [5, 5.41) is 3.62. The molecule has 0 fully saturated rings. The molecule has 216 valence electrons. The second-order valence-corrected chi connectivity index (χ2v) is 23.4. The number of para-hydroxylation sites is 2. The maximum atomic E-state index is 7.20. The Morgan fingerprint density at radius 1 is 0.538 bits per heavy atom. The molecule has 0 saturated heterocycles. The van der Waals surface area contributed by atoms with Crippen LogP contribution in [0.15, 0.2) is 36.4 Å². The molecule has 2 aliphatic rings. The third kappa shape index (κ3) is 6.87. The molecule has 39 heavy (non-hydrogen) atoms. The van der Waals surface area contributed by atoms with Crippen LogP contribution in [0, 0.1) is 0 Å². The lowest BCUT2D eigenvalue weighted by molar-refractivity contribution is 0.189. The minimum atomic E-state index is -0.462. The molecule has 4 heteroatoms. The lowest BCUT2D eigenvalue weighted by Gasteiger charge is -2.43. The monoisotopic (exact) mass is 568 g/mol. The van der Waals surface area contributed by atoms with Gasteiger partial charge < -0.3 is 9.47 Å². The van der Waals surface area contributed by atoms with Crippen molar-refractivity contribution in [2.24, 2.45) is 0 Å². The van der Waals surface area contributed by atoms with Gasteiger partial charge in [-0.05, 0) is 51.0 Å². The van der Waals surface area contributed by atoms with E-state index in [0.29, 0.717) is 0 Å². The van der Waals surface area contributed by atoms with Crippen LogP contribution in [-0.4, -0.2) is 32.8 Å². The summed E-state index contributed by atoms with van der Waals surface area (Å²) in [6, 6.07) is 13.9. The van der Waals surface area contributed by atoms with Crippen molar-refractivity contribution in [3.8, 4) is 11.5 Å². The first-order valence-corrected chi connectivity index (χ1v) is 17.7. The van der Waals surface area contributed by atoms with E-state index in [1.807, 2.05) is 0 Å². The molecule has 2 nitrogen and oxygen atoms in total. The SMILES string of the molecule is CC(C)(C)P(c1cccc2c1OC1CCCC(C2)Oc2c(cccc2P(C(C)(C)C)C(C)(C)C)C1)C(C)(C)C. The van der Waals surface area contributed by atoms with E-state index in [0.717, 1.165) is 32.1 Å². The maximum absolute atomic E-state index is 7.20. The zero-order valence-electron chi connectivity index (χ0n) is 26.9. The van der Waals surface area contributed by atoms with Crippen molar-refractivity contribution in [1.82, 2.24) is 0 Å². The highest BCUT2D eigenvalue weighted by molar-refractivity contribution is 7.69. The van der Waals surface area contributed by atoms with E-state index in [-0.39, 0.29) is 32.8 Å². The topological polar surface area (TPSA) is 18.5 Å². The van der Waals surface area contributed by atoms with Gasteiger partial charge in [-0.3, -0.25) is 0 Å². The van der Waals surface area contributed by atoms with Gasteiger partial charge in [0.1, 0.15) is 23.7 Å². The lowest BCUT2D eigenvalue weighted by Crippen LogP contribution is -2.35. The smallest absolute Gasteiger partial charge is 0.130 e. The quantitative estimate of drug-likeness (QED) is 0.336. The molecule has 2 aromatic carbocycles. The summed E-state index contributed by atoms with van der Waals surface area (Å²) in [5.74, 6) is 2.33. The van der Waals surface area contributed by atoms with Gasteiger partial charge in [0.2, 0.25) is 0 Å². The van der Waals surface area contributed by atoms with Crippen molar-refractivity contribution in [1.29, 1.82) is 0 Å². The molecule has 2 aliphatic heterocycles. The van der Waals surface area contributed by atoms with Gasteiger partial charge in [-0.1, -0.05) is 135 Å². The molecule has 2 atom stereocenters. The van der Waals surface area contributed by atoms with Gasteiger partial charge in [0.15, 0.2) is 0 Å². The Morgan fingerprint density at radius 2 is 0.872 bits per heavy atom. The van der Waals surface area contributed by atoms with Crippen molar-refractivity contribution >= 4 is 26.5 Å². The Balaban J connectivity index is 1.86. The molecule has 2 unspecified atom stereocenters. The van der Waals surface area contributed by atoms with Crippen molar-refractivity contribution in [2.45, 2.75) is 148 Å². The summed E-state index contributed by atoms with van der Waals surface area (Å²) < 4.78 is 14.4. The molecule has 2 aromatic rings. The van der Waals surface area contributed by atoms with Crippen LogP contribution in [0.25, 0.3) is 0 Å². The number of hydrogen-bond acceptors (Lipinski definition) is 2. The van der Waals surface area contributed by atoms with Crippen molar-refractivity contribution in [3.05, 3.63) is 47.5 Å². The summed E-state index contributed by atoms with van der Waals surface area (Å²) >= 11 is 0. The molecule has 0 aliphatic carbocycles. The van der Waals surface area contributed by atoms with Crippen LogP contribution < -0.4 is 20.1 Å². The van der Waals surface area contributed by atoms with E-state index in [1.54, 1.807) is 0 Å². The van der Waals surface area contributed by atoms with E-state index < -0.39 is 15.8 Å². The molecular formula is C35H54O2P2. The third-order valence-corrected chi connectivity index (χ3v) is 14.9. The summed E-state index contributed by atoms with van der Waals surface area (Å²) in [4.78, 5) is 0. The molecule has 0 radical (unpaired) electrons. The fourth-order valence-corrected chi connectivity index (χ4v) is 15.5. The zero-order valence-corrected chi connectivity index (χ0v) is 28.7. The fraction of sp³-hybridized carbons (Fsp3) is 0.657. The van der Waals surface area contributed by atoms with Gasteiger partial charge in [-0.2, -0.15) is 0 Å². The molecule has 0 N–H and O–H groups in total. The largest absolute Gasteiger partial charge is 0.489 e. The van der Waals surface area contributed by atoms with Gasteiger partial charge in [0, 0.05) is 23.5 Å². The van der Waals surface area contributed by atoms with Crippen molar-refractivity contribution in [2.75, 3.05) is 0 Å². The van der Waals surface area contributed by atoms with E-state index in [4.69, 9.17) is 9.47 Å². The van der Waals surface area contributed by atoms with Gasteiger partial charge in [-0.25, -0.2) is 0 Å². The number of ether oxygens (including phenoxy) is 2. The number of rotatable bonds is 2. The Kier molecular flexibility index (Phi) is 8.66. The van der Waals surface area contributed by atoms with Crippen molar-refractivity contribution in [3.63, 3.8) is 0 Å². The zero-order chi connectivity index (χ0) is 29.0. The summed E-state index contributed by atoms with van der Waals surface area (Å²) in [6.45, 7) is 28.9. The van der Waals surface area contributed by atoms with Crippen LogP contribution in [0.3, 0.4) is 0 Å². The second-order valence-electron chi connectivity index (χ2n) is 15.7. The minimum Gasteiger partial charge on any atom is -0.489 e. The van der Waals surface area contributed by atoms with Crippen molar-refractivity contribution < 1.29 is 9.47 Å². The van der Waals surface area contributed by atoms with Crippen LogP contribution in [0.2, 0.25) is 0 Å². The molecule has 0 aromatic heterocycles. The van der Waals surface area contributed by atoms with Crippen LogP contribution in [0.4, 0.5) is 0 Å². The average Bonchev–Trinajstić information content (AvgIpc) is 2.87. The predicted octanol–water partition coefficient (Wildman–Crippen LogP) is 9.57. The highest BCUT2D eigenvalue weighted by Gasteiger charge is 2.41. The van der Waals surface area contributed by atoms with Gasteiger partial charge >= 0.3 is 0 Å². The minimum absolute atomic E-state index is 0.159. The van der Waals surface area contributed by atoms with Gasteiger partial charge in [0.25, 0.3) is 0 Å². The van der Waals surface area contributed by atoms with E-state index in [9.17, 15) is 0 Å². The Bertz CT molecular complexity index is 1040. The third-order valence-electron chi connectivity index (χ3n) is 7.83. The highest BCUT2D eigenvalue weighted by Crippen LogP contribution is 2.61. The number of fused-ring (bicyclic) bond motifs is 6. The van der Waals surface area contributed by atoms with Crippen LogP contribution in [0.5, 0.6) is 11.5 Å². The highest BCUT2D eigenvalue weighted by atomic mass is 31.1. The van der Waals surface area contributed by atoms with E-state index >= 15 is 0 Å². The number of benzene rings is 2. The molecular weight excluding hydrogens is 514 g/mol. The molecule has 4 rings (SSSR count). The molecule has 2 heterocycles. The summed E-state index contributed by atoms with van der Waals surface area (Å²) in [6.07, 6.45) is 5.43. The molecule has 0 amide bonds. The molecule has 0 spiro atoms. The van der Waals surface area contributed by atoms with E-state index in [2.05, 4.69) is 119 Å². The average molecular weight is 569 g/mol. The lowest BCUT2D eigenvalue weighted by atomic mass is 10.0. The standard InChI is InChI=1S/C35H54O2P2/c1-32(2,3)38(33(4,5)6)28-20-13-16-24-22-27-19-15-18-26(36-30(24)28)23-25-17-14-21-29(31(25)37-27)39(34(7,8)9)35(10,11)12/h13-14,16-17,20-21,26-27H,15,18-19,22-23H2,1-12H3. The van der Waals surface area contributed by atoms with Gasteiger partial charge in [0.05, 0.1) is 0 Å². The van der Waals surface area contributed by atoms with Crippen LogP contribution in [0.1, 0.15) is 113 Å². The Hall–Kier alpha value is -1.10. The second kappa shape index (κ2) is 11.0. The summed E-state index contributed by atoms with van der Waals surface area (Å²) in [7, 11) is -0.924. The maximum Gasteiger partial charge on any atom is 0.130 e. The fourth-order valence-electron chi connectivity index (χ4n) is 7.35. The van der Waals surface area contributed by atoms with Gasteiger partial charge in [-0.15, -0.1) is 0 Å². The Morgan fingerprint density at radius 3 is 1.18 bits per heavy atom. The normalized spacial score (nSPS) is 20.7. The first-order valence-electron chi connectivity index (χ1n) is 15.0. The van der Waals surface area contributed by atoms with Crippen LogP contribution in [-0.2, 0) is 12.8 Å². The van der Waals surface area contributed by atoms with E-state index in [1.165, 1.54) is 33.2 Å². The molecule has 2 bridgehead atoms. The Labute approximate surface area is 242 Å². The predicted molar refractivity (Wildman–Crippen MR) is 175 cm³/mol. The first-order chi connectivity index (χ1) is 17.9.